The molecule has 30 heavy (non-hydrogen) atoms. The van der Waals surface area contributed by atoms with Crippen LogP contribution in [-0.2, 0) is 13.1 Å². The number of nitrogens with one attached hydrogen (secondary N) is 1. The van der Waals surface area contributed by atoms with Gasteiger partial charge >= 0.3 is 0 Å². The summed E-state index contributed by atoms with van der Waals surface area (Å²) < 4.78 is 13.4. The lowest BCUT2D eigenvalue weighted by Gasteiger charge is -2.33. The topological polar surface area (TPSA) is 47.0 Å². The lowest BCUT2D eigenvalue weighted by molar-refractivity contribution is 0.312. The fourth-order valence-electron chi connectivity index (χ4n) is 3.35. The van der Waals surface area contributed by atoms with E-state index < -0.39 is 0 Å². The number of aromatic nitrogens is 1. The third-order valence-corrected chi connectivity index (χ3v) is 5.05. The molecule has 1 fully saturated rings. The van der Waals surface area contributed by atoms with Crippen molar-refractivity contribution in [3.05, 3.63) is 59.5 Å². The molecule has 8 heteroatoms. The van der Waals surface area contributed by atoms with Crippen LogP contribution in [0.4, 0.5) is 10.2 Å². The molecule has 0 aliphatic carbocycles. The van der Waals surface area contributed by atoms with E-state index in [9.17, 15) is 4.39 Å². The Morgan fingerprint density at radius 3 is 2.57 bits per heavy atom. The summed E-state index contributed by atoms with van der Waals surface area (Å²) in [7, 11) is 4.11. The minimum Gasteiger partial charge on any atom is -0.357 e. The first-order valence-corrected chi connectivity index (χ1v) is 10.2. The van der Waals surface area contributed by atoms with Crippen molar-refractivity contribution < 1.29 is 4.39 Å². The standard InChI is InChI=1S/C22H31FN6.HI/c1-4-24-22(28(3)17-18-6-5-7-20(23)14-18)26-16-19-8-9-21(25-15-19)29-12-10-27(2)11-13-29;/h5-9,14-15H,4,10-13,16-17H2,1-3H3,(H,24,26);1H. The van der Waals surface area contributed by atoms with E-state index in [0.29, 0.717) is 13.1 Å². The summed E-state index contributed by atoms with van der Waals surface area (Å²) in [6, 6.07) is 10.9. The van der Waals surface area contributed by atoms with Gasteiger partial charge in [0.2, 0.25) is 0 Å². The number of nitrogens with zero attached hydrogens (tertiary/aromatic N) is 5. The van der Waals surface area contributed by atoms with Crippen molar-refractivity contribution in [3.8, 4) is 0 Å². The molecule has 1 aromatic heterocycles. The van der Waals surface area contributed by atoms with Gasteiger partial charge in [0.05, 0.1) is 6.54 Å². The molecule has 3 rings (SSSR count). The minimum atomic E-state index is -0.218. The highest BCUT2D eigenvalue weighted by molar-refractivity contribution is 14.0. The van der Waals surface area contributed by atoms with Crippen molar-refractivity contribution in [2.75, 3.05) is 51.7 Å². The Morgan fingerprint density at radius 1 is 1.17 bits per heavy atom. The molecule has 1 aromatic carbocycles. The fourth-order valence-corrected chi connectivity index (χ4v) is 3.35. The molecule has 0 saturated carbocycles. The molecule has 6 nitrogen and oxygen atoms in total. The number of likely N-dealkylation sites (N-methyl/N-ethyl adjacent to an activating group) is 1. The van der Waals surface area contributed by atoms with Gasteiger partial charge in [-0.05, 0) is 43.3 Å². The second-order valence-electron chi connectivity index (χ2n) is 7.47. The molecule has 1 saturated heterocycles. The Hall–Kier alpha value is -1.94. The van der Waals surface area contributed by atoms with Crippen LogP contribution in [0.5, 0.6) is 0 Å². The SMILES string of the molecule is CCNC(=NCc1ccc(N2CCN(C)CC2)nc1)N(C)Cc1cccc(F)c1.I. The van der Waals surface area contributed by atoms with Crippen molar-refractivity contribution in [2.24, 2.45) is 4.99 Å². The van der Waals surface area contributed by atoms with Gasteiger partial charge < -0.3 is 20.0 Å². The zero-order valence-electron chi connectivity index (χ0n) is 18.0. The maximum absolute atomic E-state index is 13.4. The monoisotopic (exact) mass is 526 g/mol. The lowest BCUT2D eigenvalue weighted by atomic mass is 10.2. The number of guanidine groups is 1. The molecule has 164 valence electrons. The van der Waals surface area contributed by atoms with Gasteiger partial charge in [0.1, 0.15) is 11.6 Å². The van der Waals surface area contributed by atoms with E-state index in [1.807, 2.05) is 31.1 Å². The molecule has 0 bridgehead atoms. The molecular formula is C22H32FIN6. The Kier molecular flexibility index (Phi) is 9.77. The number of rotatable bonds is 6. The quantitative estimate of drug-likeness (QED) is 0.356. The third-order valence-electron chi connectivity index (χ3n) is 5.05. The van der Waals surface area contributed by atoms with E-state index in [1.54, 1.807) is 12.1 Å². The van der Waals surface area contributed by atoms with Crippen LogP contribution in [0.1, 0.15) is 18.1 Å². The van der Waals surface area contributed by atoms with Crippen LogP contribution in [0.15, 0.2) is 47.6 Å². The molecule has 0 atom stereocenters. The number of anilines is 1. The Morgan fingerprint density at radius 2 is 1.93 bits per heavy atom. The zero-order valence-corrected chi connectivity index (χ0v) is 20.3. The van der Waals surface area contributed by atoms with Crippen LogP contribution in [0.3, 0.4) is 0 Å². The van der Waals surface area contributed by atoms with E-state index in [-0.39, 0.29) is 29.8 Å². The van der Waals surface area contributed by atoms with E-state index >= 15 is 0 Å². The Labute approximate surface area is 196 Å². The van der Waals surface area contributed by atoms with Crippen LogP contribution in [0.25, 0.3) is 0 Å². The van der Waals surface area contributed by atoms with Gasteiger partial charge in [-0.1, -0.05) is 18.2 Å². The summed E-state index contributed by atoms with van der Waals surface area (Å²) >= 11 is 0. The molecular weight excluding hydrogens is 494 g/mol. The number of benzene rings is 1. The largest absolute Gasteiger partial charge is 0.357 e. The molecule has 2 heterocycles. The molecule has 1 aliphatic rings. The molecule has 0 spiro atoms. The van der Waals surface area contributed by atoms with E-state index in [0.717, 1.165) is 55.6 Å². The third kappa shape index (κ3) is 7.09. The average molecular weight is 526 g/mol. The molecule has 1 N–H and O–H groups in total. The van der Waals surface area contributed by atoms with Gasteiger partial charge in [0.15, 0.2) is 5.96 Å². The van der Waals surface area contributed by atoms with Gasteiger partial charge in [-0.3, -0.25) is 0 Å². The average Bonchev–Trinajstić information content (AvgIpc) is 2.72. The van der Waals surface area contributed by atoms with Crippen LogP contribution >= 0.6 is 24.0 Å². The minimum absolute atomic E-state index is 0. The number of hydrogen-bond acceptors (Lipinski definition) is 4. The Balaban J connectivity index is 0.00000320. The predicted molar refractivity (Wildman–Crippen MR) is 132 cm³/mol. The van der Waals surface area contributed by atoms with Crippen molar-refractivity contribution in [3.63, 3.8) is 0 Å². The number of pyridine rings is 1. The second kappa shape index (κ2) is 12.0. The van der Waals surface area contributed by atoms with Crippen LogP contribution in [-0.4, -0.2) is 67.6 Å². The highest BCUT2D eigenvalue weighted by Crippen LogP contribution is 2.14. The van der Waals surface area contributed by atoms with Gasteiger partial charge in [-0.15, -0.1) is 24.0 Å². The number of hydrogen-bond donors (Lipinski definition) is 1. The van der Waals surface area contributed by atoms with E-state index in [1.165, 1.54) is 6.07 Å². The first-order chi connectivity index (χ1) is 14.0. The second-order valence-corrected chi connectivity index (χ2v) is 7.47. The molecule has 0 radical (unpaired) electrons. The van der Waals surface area contributed by atoms with Crippen molar-refractivity contribution >= 4 is 35.8 Å². The lowest BCUT2D eigenvalue weighted by Crippen LogP contribution is -2.44. The maximum Gasteiger partial charge on any atom is 0.194 e. The zero-order chi connectivity index (χ0) is 20.6. The van der Waals surface area contributed by atoms with Crippen LogP contribution in [0, 0.1) is 5.82 Å². The number of halogens is 2. The normalized spacial score (nSPS) is 14.9. The van der Waals surface area contributed by atoms with Crippen LogP contribution < -0.4 is 10.2 Å². The molecule has 2 aromatic rings. The van der Waals surface area contributed by atoms with E-state index in [2.05, 4.69) is 39.3 Å². The summed E-state index contributed by atoms with van der Waals surface area (Å²) in [5.41, 5.74) is 1.98. The molecule has 1 aliphatic heterocycles. The highest BCUT2D eigenvalue weighted by Gasteiger charge is 2.15. The highest BCUT2D eigenvalue weighted by atomic mass is 127. The van der Waals surface area contributed by atoms with Crippen molar-refractivity contribution in [1.82, 2.24) is 20.1 Å². The number of aliphatic imine (C=N–C) groups is 1. The maximum atomic E-state index is 13.4. The van der Waals surface area contributed by atoms with Gasteiger partial charge in [-0.2, -0.15) is 0 Å². The van der Waals surface area contributed by atoms with Crippen LogP contribution in [0.2, 0.25) is 0 Å². The number of piperazine rings is 1. The molecule has 0 unspecified atom stereocenters. The van der Waals surface area contributed by atoms with E-state index in [4.69, 9.17) is 4.99 Å². The van der Waals surface area contributed by atoms with Crippen molar-refractivity contribution in [2.45, 2.75) is 20.0 Å². The molecule has 0 amide bonds. The predicted octanol–water partition coefficient (Wildman–Crippen LogP) is 3.19. The fraction of sp³-hybridized carbons (Fsp3) is 0.455. The van der Waals surface area contributed by atoms with Crippen molar-refractivity contribution in [1.29, 1.82) is 0 Å². The summed E-state index contributed by atoms with van der Waals surface area (Å²) in [5.74, 6) is 1.60. The van der Waals surface area contributed by atoms with Gasteiger partial charge in [-0.25, -0.2) is 14.4 Å². The first kappa shape index (κ1) is 24.3. The smallest absolute Gasteiger partial charge is 0.194 e. The summed E-state index contributed by atoms with van der Waals surface area (Å²) in [4.78, 5) is 16.0. The summed E-state index contributed by atoms with van der Waals surface area (Å²) in [6.45, 7) is 8.10. The Bertz CT molecular complexity index is 806. The summed E-state index contributed by atoms with van der Waals surface area (Å²) in [6.07, 6.45) is 1.91. The first-order valence-electron chi connectivity index (χ1n) is 10.2. The van der Waals surface area contributed by atoms with Gasteiger partial charge in [0.25, 0.3) is 0 Å². The summed E-state index contributed by atoms with van der Waals surface area (Å²) in [5, 5.41) is 3.30. The van der Waals surface area contributed by atoms with Gasteiger partial charge in [0, 0.05) is 52.5 Å².